The smallest absolute Gasteiger partial charge is 0.449 e. The van der Waals surface area contributed by atoms with Crippen LogP contribution in [0.3, 0.4) is 0 Å². The van der Waals surface area contributed by atoms with Crippen molar-refractivity contribution in [3.63, 3.8) is 0 Å². The van der Waals surface area contributed by atoms with Crippen LogP contribution >= 0.6 is 11.6 Å². The zero-order valence-electron chi connectivity index (χ0n) is 18.4. The standard InChI is InChI=1S/C23H19ClN4O8/c24-11-8-10-16(28-22(11)36-23(34)35)18(19(10)31)27-21(33)15(9-4-2-1-3-5-9)26-17-13(30)7-6-12(29)14(17)20(25)32/h1-7,10-11,14-16,18H,8H2,(H2,25,32)(H,27,33)(H,34,35). The minimum absolute atomic E-state index is 0.0805. The molecule has 1 saturated carbocycles. The van der Waals surface area contributed by atoms with Crippen molar-refractivity contribution in [1.29, 1.82) is 0 Å². The Morgan fingerprint density at radius 3 is 2.50 bits per heavy atom. The molecule has 1 heterocycles. The lowest BCUT2D eigenvalue weighted by Crippen LogP contribution is -2.66. The van der Waals surface area contributed by atoms with E-state index in [1.54, 1.807) is 30.3 Å². The van der Waals surface area contributed by atoms with Crippen LogP contribution in [-0.4, -0.2) is 69.5 Å². The van der Waals surface area contributed by atoms with Gasteiger partial charge in [-0.25, -0.2) is 9.79 Å². The first kappa shape index (κ1) is 24.9. The highest BCUT2D eigenvalue weighted by Crippen LogP contribution is 2.37. The molecule has 0 aromatic heterocycles. The maximum Gasteiger partial charge on any atom is 0.512 e. The van der Waals surface area contributed by atoms with Gasteiger partial charge in [-0.2, -0.15) is 0 Å². The van der Waals surface area contributed by atoms with Gasteiger partial charge in [0.2, 0.25) is 23.5 Å². The van der Waals surface area contributed by atoms with Crippen LogP contribution in [0.4, 0.5) is 4.79 Å². The van der Waals surface area contributed by atoms with Crippen LogP contribution in [0.1, 0.15) is 18.0 Å². The third-order valence-electron chi connectivity index (χ3n) is 6.05. The normalized spacial score (nSPS) is 29.0. The number of hydrogen-bond acceptors (Lipinski definition) is 9. The quantitative estimate of drug-likeness (QED) is 0.280. The number of alkyl halides is 1. The Morgan fingerprint density at radius 2 is 1.86 bits per heavy atom. The molecule has 6 atom stereocenters. The number of carboxylic acid groups (broad SMARTS) is 1. The first-order valence-electron chi connectivity index (χ1n) is 10.7. The minimum Gasteiger partial charge on any atom is -0.449 e. The first-order valence-corrected chi connectivity index (χ1v) is 11.2. The van der Waals surface area contributed by atoms with E-state index < -0.39 is 70.6 Å². The van der Waals surface area contributed by atoms with E-state index in [0.717, 1.165) is 12.2 Å². The number of fused-ring (bicyclic) bond motifs is 1. The van der Waals surface area contributed by atoms with E-state index >= 15 is 0 Å². The maximum atomic E-state index is 13.3. The Balaban J connectivity index is 1.65. The van der Waals surface area contributed by atoms with Gasteiger partial charge < -0.3 is 20.9 Å². The van der Waals surface area contributed by atoms with Gasteiger partial charge in [-0.1, -0.05) is 30.3 Å². The van der Waals surface area contributed by atoms with Crippen molar-refractivity contribution in [2.45, 2.75) is 29.9 Å². The summed E-state index contributed by atoms with van der Waals surface area (Å²) in [5.41, 5.74) is 5.13. The Hall–Kier alpha value is -4.19. The van der Waals surface area contributed by atoms with E-state index in [9.17, 15) is 28.8 Å². The third-order valence-corrected chi connectivity index (χ3v) is 6.41. The van der Waals surface area contributed by atoms with E-state index in [0.29, 0.717) is 5.56 Å². The zero-order valence-corrected chi connectivity index (χ0v) is 19.1. The first-order chi connectivity index (χ1) is 17.1. The number of primary amides is 1. The molecule has 0 radical (unpaired) electrons. The summed E-state index contributed by atoms with van der Waals surface area (Å²) in [6.45, 7) is 0. The van der Waals surface area contributed by atoms with Gasteiger partial charge >= 0.3 is 6.16 Å². The van der Waals surface area contributed by atoms with E-state index in [2.05, 4.69) is 20.0 Å². The number of halogens is 1. The van der Waals surface area contributed by atoms with Crippen molar-refractivity contribution in [2.75, 3.05) is 0 Å². The van der Waals surface area contributed by atoms with Crippen LogP contribution in [0.15, 0.2) is 52.5 Å². The fourth-order valence-electron chi connectivity index (χ4n) is 4.31. The fraction of sp³-hybridized carbons (Fsp3) is 0.304. The number of Topliss-reactive ketones (excluding diaryl/α,β-unsaturated/α-hetero) is 1. The molecule has 0 bridgehead atoms. The predicted molar refractivity (Wildman–Crippen MR) is 123 cm³/mol. The summed E-state index contributed by atoms with van der Waals surface area (Å²) >= 11 is 6.06. The molecular formula is C23H19ClN4O8. The van der Waals surface area contributed by atoms with Crippen molar-refractivity contribution in [3.8, 4) is 0 Å². The molecule has 186 valence electrons. The number of aliphatic imine (C=N–C) groups is 2. The average Bonchev–Trinajstić information content (AvgIpc) is 2.84. The van der Waals surface area contributed by atoms with Gasteiger partial charge in [0.15, 0.2) is 17.6 Å². The van der Waals surface area contributed by atoms with Crippen LogP contribution in [0.2, 0.25) is 0 Å². The topological polar surface area (TPSA) is 195 Å². The van der Waals surface area contributed by atoms with Gasteiger partial charge in [-0.15, -0.1) is 11.6 Å². The monoisotopic (exact) mass is 514 g/mol. The molecular weight excluding hydrogens is 496 g/mol. The van der Waals surface area contributed by atoms with Crippen LogP contribution < -0.4 is 11.1 Å². The maximum absolute atomic E-state index is 13.3. The second-order valence-corrected chi connectivity index (χ2v) is 8.81. The number of nitrogens with one attached hydrogen (secondary N) is 1. The number of nitrogens with zero attached hydrogens (tertiary/aromatic N) is 2. The number of ether oxygens (including phenoxy) is 1. The van der Waals surface area contributed by atoms with Crippen molar-refractivity contribution in [1.82, 2.24) is 5.32 Å². The summed E-state index contributed by atoms with van der Waals surface area (Å²) in [4.78, 5) is 81.7. The lowest BCUT2D eigenvalue weighted by atomic mass is 9.69. The van der Waals surface area contributed by atoms with E-state index in [1.165, 1.54) is 0 Å². The molecule has 1 aromatic rings. The number of carbonyl (C=O) groups excluding carboxylic acids is 5. The van der Waals surface area contributed by atoms with Gasteiger partial charge in [0.05, 0.1) is 6.04 Å². The molecule has 36 heavy (non-hydrogen) atoms. The molecule has 0 saturated heterocycles. The molecule has 6 unspecified atom stereocenters. The summed E-state index contributed by atoms with van der Waals surface area (Å²) in [6.07, 6.45) is 0.318. The number of allylic oxidation sites excluding steroid dienone is 2. The lowest BCUT2D eigenvalue weighted by molar-refractivity contribution is -0.139. The van der Waals surface area contributed by atoms with Crippen molar-refractivity contribution < 1.29 is 38.6 Å². The van der Waals surface area contributed by atoms with Gasteiger partial charge in [0.25, 0.3) is 0 Å². The second kappa shape index (κ2) is 9.82. The Bertz CT molecular complexity index is 1260. The van der Waals surface area contributed by atoms with Crippen LogP contribution in [0.25, 0.3) is 0 Å². The van der Waals surface area contributed by atoms with Gasteiger partial charge in [0, 0.05) is 5.92 Å². The molecule has 1 aromatic carbocycles. The third kappa shape index (κ3) is 4.67. The van der Waals surface area contributed by atoms with Crippen LogP contribution in [0, 0.1) is 11.8 Å². The number of carbonyl (C=O) groups is 6. The molecule has 1 aliphatic heterocycles. The highest BCUT2D eigenvalue weighted by molar-refractivity contribution is 6.54. The largest absolute Gasteiger partial charge is 0.512 e. The Morgan fingerprint density at radius 1 is 1.17 bits per heavy atom. The zero-order chi connectivity index (χ0) is 26.1. The van der Waals surface area contributed by atoms with Crippen LogP contribution in [0.5, 0.6) is 0 Å². The molecule has 3 aliphatic rings. The van der Waals surface area contributed by atoms with Crippen LogP contribution in [-0.2, 0) is 28.7 Å². The highest BCUT2D eigenvalue weighted by Gasteiger charge is 2.54. The number of nitrogens with two attached hydrogens (primary N) is 1. The van der Waals surface area contributed by atoms with Crippen molar-refractivity contribution in [3.05, 3.63) is 48.0 Å². The molecule has 4 rings (SSSR count). The predicted octanol–water partition coefficient (Wildman–Crippen LogP) is 0.135. The number of hydrogen-bond donors (Lipinski definition) is 3. The molecule has 2 aliphatic carbocycles. The number of amides is 2. The lowest BCUT2D eigenvalue weighted by Gasteiger charge is -2.44. The Kier molecular flexibility index (Phi) is 6.80. The summed E-state index contributed by atoms with van der Waals surface area (Å²) in [5.74, 6) is -6.35. The molecule has 4 N–H and O–H groups in total. The van der Waals surface area contributed by atoms with E-state index in [-0.39, 0.29) is 18.1 Å². The second-order valence-electron chi connectivity index (χ2n) is 8.29. The summed E-state index contributed by atoms with van der Waals surface area (Å²) in [7, 11) is 0. The molecule has 1 fully saturated rings. The molecule has 13 heteroatoms. The average molecular weight is 515 g/mol. The number of benzene rings is 1. The van der Waals surface area contributed by atoms with Gasteiger partial charge in [-0.3, -0.25) is 29.0 Å². The minimum atomic E-state index is -1.66. The molecule has 2 amide bonds. The summed E-state index contributed by atoms with van der Waals surface area (Å²) < 4.78 is 4.59. The van der Waals surface area contributed by atoms with E-state index in [1.807, 2.05) is 0 Å². The summed E-state index contributed by atoms with van der Waals surface area (Å²) in [6, 6.07) is 4.64. The molecule has 0 spiro atoms. The summed E-state index contributed by atoms with van der Waals surface area (Å²) in [5, 5.41) is 10.5. The van der Waals surface area contributed by atoms with Crippen molar-refractivity contribution >= 4 is 58.5 Å². The molecule has 12 nitrogen and oxygen atoms in total. The van der Waals surface area contributed by atoms with E-state index in [4.69, 9.17) is 22.4 Å². The number of ketones is 3. The van der Waals surface area contributed by atoms with Gasteiger partial charge in [-0.05, 0) is 24.1 Å². The Labute approximate surface area is 208 Å². The highest BCUT2D eigenvalue weighted by atomic mass is 35.5. The SMILES string of the molecule is NC(=O)C1C(=O)C=CC(=O)C1=NC(C(=O)NC1C(=O)C2CC(Cl)C(OC(=O)O)=NC21)c1ccccc1. The van der Waals surface area contributed by atoms with Gasteiger partial charge in [0.1, 0.15) is 23.0 Å². The fourth-order valence-corrected chi connectivity index (χ4v) is 4.60. The number of rotatable bonds is 5. The van der Waals surface area contributed by atoms with Crippen molar-refractivity contribution in [2.24, 2.45) is 27.6 Å².